The van der Waals surface area contributed by atoms with Crippen molar-refractivity contribution in [1.82, 2.24) is 40.1 Å². The van der Waals surface area contributed by atoms with Crippen LogP contribution in [-0.2, 0) is 13.0 Å². The maximum absolute atomic E-state index is 12.2. The van der Waals surface area contributed by atoms with Crippen molar-refractivity contribution in [2.75, 3.05) is 0 Å². The molecule has 9 nitrogen and oxygen atoms in total. The van der Waals surface area contributed by atoms with Gasteiger partial charge >= 0.3 is 0 Å². The van der Waals surface area contributed by atoms with E-state index in [0.717, 1.165) is 5.69 Å². The maximum Gasteiger partial charge on any atom is 0.255 e. The molecule has 3 aromatic heterocycles. The summed E-state index contributed by atoms with van der Waals surface area (Å²) in [6.07, 6.45) is 4.96. The molecule has 2 N–H and O–H groups in total. The van der Waals surface area contributed by atoms with Crippen LogP contribution in [0.25, 0.3) is 5.78 Å². The van der Waals surface area contributed by atoms with Crippen molar-refractivity contribution in [3.05, 3.63) is 35.9 Å². The van der Waals surface area contributed by atoms with Crippen molar-refractivity contribution in [2.45, 2.75) is 19.9 Å². The van der Waals surface area contributed by atoms with Gasteiger partial charge in [0.05, 0.1) is 17.8 Å². The number of carbonyl (C=O) groups excluding carboxylic acids is 1. The number of hydrogen-bond acceptors (Lipinski definition) is 6. The van der Waals surface area contributed by atoms with E-state index in [1.807, 2.05) is 6.92 Å². The van der Waals surface area contributed by atoms with Gasteiger partial charge in [0, 0.05) is 6.20 Å². The number of aryl methyl sites for hydroxylation is 1. The second-order valence-electron chi connectivity index (χ2n) is 4.06. The first kappa shape index (κ1) is 12.2. The molecule has 9 heteroatoms. The molecule has 3 rings (SSSR count). The summed E-state index contributed by atoms with van der Waals surface area (Å²) in [4.78, 5) is 24.3. The van der Waals surface area contributed by atoms with Crippen molar-refractivity contribution in [3.8, 4) is 0 Å². The smallest absolute Gasteiger partial charge is 0.255 e. The number of aromatic nitrogens is 7. The molecule has 0 atom stereocenters. The van der Waals surface area contributed by atoms with Crippen molar-refractivity contribution >= 4 is 11.7 Å². The largest absolute Gasteiger partial charge is 0.345 e. The van der Waals surface area contributed by atoms with Crippen molar-refractivity contribution in [3.63, 3.8) is 0 Å². The van der Waals surface area contributed by atoms with Crippen LogP contribution in [0.15, 0.2) is 18.9 Å². The Morgan fingerprint density at radius 1 is 1.35 bits per heavy atom. The lowest BCUT2D eigenvalue weighted by Gasteiger charge is -2.08. The summed E-state index contributed by atoms with van der Waals surface area (Å²) in [7, 11) is 0. The average Bonchev–Trinajstić information content (AvgIpc) is 3.14. The molecule has 0 saturated heterocycles. The molecule has 3 aromatic rings. The number of nitrogens with zero attached hydrogens (tertiary/aromatic N) is 6. The summed E-state index contributed by atoms with van der Waals surface area (Å²) in [5.74, 6) is 0.836. The molecule has 3 heterocycles. The van der Waals surface area contributed by atoms with Gasteiger partial charge in [0.1, 0.15) is 18.5 Å². The van der Waals surface area contributed by atoms with E-state index in [1.54, 1.807) is 4.52 Å². The molecule has 0 radical (unpaired) electrons. The Kier molecular flexibility index (Phi) is 3.07. The lowest BCUT2D eigenvalue weighted by molar-refractivity contribution is 0.0948. The second-order valence-corrected chi connectivity index (χ2v) is 4.06. The standard InChI is InChI=1S/C11H12N8O/c1-2-8-7(3-13-11-15-6-17-19(8)11)10(20)12-4-9-14-5-16-18-9/h3,5-6H,2,4H2,1H3,(H,12,20)(H,14,16,18). The fraction of sp³-hybridized carbons (Fsp3) is 0.273. The highest BCUT2D eigenvalue weighted by Gasteiger charge is 2.15. The molecule has 0 fully saturated rings. The fourth-order valence-electron chi connectivity index (χ4n) is 1.93. The van der Waals surface area contributed by atoms with Crippen LogP contribution in [0.1, 0.15) is 28.8 Å². The quantitative estimate of drug-likeness (QED) is 0.676. The molecule has 0 bridgehead atoms. The summed E-state index contributed by atoms with van der Waals surface area (Å²) >= 11 is 0. The van der Waals surface area contributed by atoms with Crippen LogP contribution in [0.3, 0.4) is 0 Å². The predicted molar refractivity (Wildman–Crippen MR) is 67.7 cm³/mol. The van der Waals surface area contributed by atoms with Crippen LogP contribution >= 0.6 is 0 Å². The van der Waals surface area contributed by atoms with Crippen LogP contribution < -0.4 is 5.32 Å². The summed E-state index contributed by atoms with van der Waals surface area (Å²) < 4.78 is 1.57. The van der Waals surface area contributed by atoms with Crippen molar-refractivity contribution in [2.24, 2.45) is 0 Å². The molecule has 0 unspecified atom stereocenters. The van der Waals surface area contributed by atoms with E-state index in [0.29, 0.717) is 23.6 Å². The van der Waals surface area contributed by atoms with Gasteiger partial charge in [-0.2, -0.15) is 15.2 Å². The molecule has 102 valence electrons. The zero-order valence-corrected chi connectivity index (χ0v) is 10.7. The molecule has 0 aliphatic heterocycles. The summed E-state index contributed by atoms with van der Waals surface area (Å²) in [6.45, 7) is 2.22. The van der Waals surface area contributed by atoms with Crippen LogP contribution in [-0.4, -0.2) is 40.7 Å². The predicted octanol–water partition coefficient (Wildman–Crippen LogP) is -0.265. The third kappa shape index (κ3) is 2.09. The molecular weight excluding hydrogens is 260 g/mol. The molecule has 20 heavy (non-hydrogen) atoms. The third-order valence-corrected chi connectivity index (χ3v) is 2.87. The Bertz CT molecular complexity index is 732. The number of aromatic amines is 1. The number of nitrogens with one attached hydrogen (secondary N) is 2. The van der Waals surface area contributed by atoms with Gasteiger partial charge in [-0.25, -0.2) is 14.5 Å². The van der Waals surface area contributed by atoms with Crippen LogP contribution in [0, 0.1) is 0 Å². The van der Waals surface area contributed by atoms with E-state index in [9.17, 15) is 4.79 Å². The lowest BCUT2D eigenvalue weighted by atomic mass is 10.2. The maximum atomic E-state index is 12.2. The fourth-order valence-corrected chi connectivity index (χ4v) is 1.93. The number of amides is 1. The number of rotatable bonds is 4. The van der Waals surface area contributed by atoms with Gasteiger partial charge in [-0.1, -0.05) is 6.92 Å². The number of H-pyrrole nitrogens is 1. The Morgan fingerprint density at radius 3 is 3.00 bits per heavy atom. The number of hydrogen-bond donors (Lipinski definition) is 2. The SMILES string of the molecule is CCc1c(C(=O)NCc2ncn[nH]2)cnc2ncnn12. The minimum Gasteiger partial charge on any atom is -0.345 e. The second kappa shape index (κ2) is 5.03. The molecule has 0 aliphatic rings. The van der Waals surface area contributed by atoms with Gasteiger partial charge in [0.15, 0.2) is 0 Å². The molecular formula is C11H12N8O. The van der Waals surface area contributed by atoms with E-state index in [2.05, 4.69) is 35.6 Å². The molecule has 1 amide bonds. The monoisotopic (exact) mass is 272 g/mol. The van der Waals surface area contributed by atoms with Crippen LogP contribution in [0.5, 0.6) is 0 Å². The minimum absolute atomic E-state index is 0.233. The highest BCUT2D eigenvalue weighted by atomic mass is 16.1. The average molecular weight is 272 g/mol. The summed E-state index contributed by atoms with van der Waals surface area (Å²) in [5, 5.41) is 13.2. The topological polar surface area (TPSA) is 114 Å². The van der Waals surface area contributed by atoms with Crippen LogP contribution in [0.4, 0.5) is 0 Å². The van der Waals surface area contributed by atoms with Gasteiger partial charge in [-0.15, -0.1) is 0 Å². The normalized spacial score (nSPS) is 10.8. The van der Waals surface area contributed by atoms with Crippen LogP contribution in [0.2, 0.25) is 0 Å². The first-order valence-corrected chi connectivity index (χ1v) is 6.09. The number of carbonyl (C=O) groups is 1. The lowest BCUT2D eigenvalue weighted by Crippen LogP contribution is -2.26. The van der Waals surface area contributed by atoms with Gasteiger partial charge < -0.3 is 5.32 Å². The Hall–Kier alpha value is -2.84. The van der Waals surface area contributed by atoms with Gasteiger partial charge in [-0.3, -0.25) is 9.89 Å². The summed E-state index contributed by atoms with van der Waals surface area (Å²) in [6, 6.07) is 0. The first-order chi connectivity index (χ1) is 9.79. The third-order valence-electron chi connectivity index (χ3n) is 2.87. The Morgan fingerprint density at radius 2 is 2.25 bits per heavy atom. The van der Waals surface area contributed by atoms with E-state index >= 15 is 0 Å². The van der Waals surface area contributed by atoms with Gasteiger partial charge in [0.2, 0.25) is 0 Å². The highest BCUT2D eigenvalue weighted by molar-refractivity contribution is 5.95. The van der Waals surface area contributed by atoms with E-state index < -0.39 is 0 Å². The van der Waals surface area contributed by atoms with Gasteiger partial charge in [-0.05, 0) is 6.42 Å². The highest BCUT2D eigenvalue weighted by Crippen LogP contribution is 2.09. The zero-order valence-electron chi connectivity index (χ0n) is 10.7. The first-order valence-electron chi connectivity index (χ1n) is 6.09. The molecule has 0 saturated carbocycles. The van der Waals surface area contributed by atoms with Crippen molar-refractivity contribution in [1.29, 1.82) is 0 Å². The molecule has 0 aliphatic carbocycles. The molecule has 0 aromatic carbocycles. The summed E-state index contributed by atoms with van der Waals surface area (Å²) in [5.41, 5.74) is 1.24. The molecule has 0 spiro atoms. The number of fused-ring (bicyclic) bond motifs is 1. The zero-order chi connectivity index (χ0) is 13.9. The Balaban J connectivity index is 1.86. The van der Waals surface area contributed by atoms with E-state index in [4.69, 9.17) is 0 Å². The van der Waals surface area contributed by atoms with E-state index in [1.165, 1.54) is 18.9 Å². The Labute approximate surface area is 113 Å². The van der Waals surface area contributed by atoms with Gasteiger partial charge in [0.25, 0.3) is 11.7 Å². The minimum atomic E-state index is -0.233. The van der Waals surface area contributed by atoms with Crippen molar-refractivity contribution < 1.29 is 4.79 Å². The van der Waals surface area contributed by atoms with E-state index in [-0.39, 0.29) is 12.5 Å².